The number of nitrogens with zero attached hydrogens (tertiary/aromatic N) is 5. The van der Waals surface area contributed by atoms with Crippen molar-refractivity contribution in [3.8, 4) is 0 Å². The van der Waals surface area contributed by atoms with E-state index in [4.69, 9.17) is 0 Å². The molecule has 0 bridgehead atoms. The number of hydrogen-bond acceptors (Lipinski definition) is 6. The molecular weight excluding hydrogens is 402 g/mol. The average molecular weight is 429 g/mol. The van der Waals surface area contributed by atoms with Gasteiger partial charge in [-0.15, -0.1) is 0 Å². The van der Waals surface area contributed by atoms with Crippen molar-refractivity contribution in [3.05, 3.63) is 34.4 Å². The molecular formula is C21H27N5O5. The Labute approximate surface area is 180 Å². The molecule has 1 aromatic rings. The van der Waals surface area contributed by atoms with Gasteiger partial charge < -0.3 is 14.7 Å². The van der Waals surface area contributed by atoms with Gasteiger partial charge in [0.1, 0.15) is 6.04 Å². The van der Waals surface area contributed by atoms with Crippen molar-refractivity contribution in [2.75, 3.05) is 44.2 Å². The van der Waals surface area contributed by atoms with Crippen molar-refractivity contribution in [1.29, 1.82) is 0 Å². The molecule has 0 unspecified atom stereocenters. The highest BCUT2D eigenvalue weighted by Gasteiger charge is 2.45. The number of rotatable bonds is 6. The summed E-state index contributed by atoms with van der Waals surface area (Å²) in [6.07, 6.45) is 3.42. The van der Waals surface area contributed by atoms with Crippen molar-refractivity contribution in [1.82, 2.24) is 14.7 Å². The van der Waals surface area contributed by atoms with E-state index in [9.17, 15) is 24.5 Å². The third-order valence-corrected chi connectivity index (χ3v) is 6.36. The minimum Gasteiger partial charge on any atom is -0.368 e. The number of piperidine rings is 1. The third-order valence-electron chi connectivity index (χ3n) is 6.36. The highest BCUT2D eigenvalue weighted by Crippen LogP contribution is 2.27. The predicted molar refractivity (Wildman–Crippen MR) is 113 cm³/mol. The zero-order valence-electron chi connectivity index (χ0n) is 17.4. The molecule has 4 amide bonds. The summed E-state index contributed by atoms with van der Waals surface area (Å²) < 4.78 is 0. The minimum atomic E-state index is -0.422. The molecule has 3 saturated heterocycles. The van der Waals surface area contributed by atoms with E-state index in [2.05, 4.69) is 4.90 Å². The first-order valence-corrected chi connectivity index (χ1v) is 10.8. The van der Waals surface area contributed by atoms with Gasteiger partial charge in [0.2, 0.25) is 5.91 Å². The van der Waals surface area contributed by atoms with Crippen LogP contribution in [-0.2, 0) is 9.59 Å². The zero-order valence-corrected chi connectivity index (χ0v) is 17.4. The molecule has 31 heavy (non-hydrogen) atoms. The molecule has 0 spiro atoms. The summed E-state index contributed by atoms with van der Waals surface area (Å²) in [6.45, 7) is 3.40. The molecule has 0 aliphatic carbocycles. The monoisotopic (exact) mass is 429 g/mol. The second-order valence-electron chi connectivity index (χ2n) is 8.22. The normalized spacial score (nSPS) is 21.5. The van der Waals surface area contributed by atoms with Gasteiger partial charge in [-0.2, -0.15) is 0 Å². The highest BCUT2D eigenvalue weighted by molar-refractivity contribution is 6.04. The second-order valence-corrected chi connectivity index (χ2v) is 8.22. The maximum absolute atomic E-state index is 12.6. The molecule has 10 nitrogen and oxygen atoms in total. The fraction of sp³-hybridized carbons (Fsp3) is 0.571. The number of non-ortho nitro benzene ring substituents is 1. The highest BCUT2D eigenvalue weighted by atomic mass is 16.6. The van der Waals surface area contributed by atoms with Crippen LogP contribution >= 0.6 is 0 Å². The number of hydrogen-bond donors (Lipinski definition) is 0. The molecule has 10 heteroatoms. The average Bonchev–Trinajstić information content (AvgIpc) is 3.04. The minimum absolute atomic E-state index is 0.0279. The molecule has 166 valence electrons. The van der Waals surface area contributed by atoms with Gasteiger partial charge in [-0.25, -0.2) is 4.79 Å². The van der Waals surface area contributed by atoms with E-state index >= 15 is 0 Å². The number of amides is 4. The molecule has 0 saturated carbocycles. The summed E-state index contributed by atoms with van der Waals surface area (Å²) in [7, 11) is 0. The standard InChI is InChI=1S/C21H27N5O5/c27-19(5-3-11-25-20(28)18-4-1-2-10-24(18)21(25)29)23-14-12-22(13-15-23)16-6-8-17(9-7-16)26(30)31/h6-9,18H,1-5,10-15H2/t18-/m0/s1. The number of fused-ring (bicyclic) bond motifs is 1. The summed E-state index contributed by atoms with van der Waals surface area (Å²) in [4.78, 5) is 54.8. The number of imide groups is 1. The molecule has 3 fully saturated rings. The molecule has 0 radical (unpaired) electrons. The Kier molecular flexibility index (Phi) is 6.06. The van der Waals surface area contributed by atoms with E-state index in [0.29, 0.717) is 52.1 Å². The summed E-state index contributed by atoms with van der Waals surface area (Å²) in [5.74, 6) is -0.0889. The van der Waals surface area contributed by atoms with E-state index in [0.717, 1.165) is 24.9 Å². The molecule has 3 aliphatic rings. The van der Waals surface area contributed by atoms with Crippen LogP contribution in [0.4, 0.5) is 16.2 Å². The predicted octanol–water partition coefficient (Wildman–Crippen LogP) is 1.84. The van der Waals surface area contributed by atoms with Gasteiger partial charge in [0.25, 0.3) is 11.6 Å². The quantitative estimate of drug-likeness (QED) is 0.388. The lowest BCUT2D eigenvalue weighted by Gasteiger charge is -2.36. The Balaban J connectivity index is 1.22. The maximum atomic E-state index is 12.6. The Bertz CT molecular complexity index is 841. The number of nitro benzene ring substituents is 1. The molecule has 4 rings (SSSR count). The fourth-order valence-electron chi connectivity index (χ4n) is 4.60. The first kappa shape index (κ1) is 21.1. The molecule has 3 aliphatic heterocycles. The maximum Gasteiger partial charge on any atom is 0.327 e. The lowest BCUT2D eigenvalue weighted by atomic mass is 10.0. The summed E-state index contributed by atoms with van der Waals surface area (Å²) >= 11 is 0. The van der Waals surface area contributed by atoms with Crippen molar-refractivity contribution >= 4 is 29.2 Å². The number of nitro groups is 1. The van der Waals surface area contributed by atoms with Gasteiger partial charge in [0.05, 0.1) is 4.92 Å². The van der Waals surface area contributed by atoms with E-state index < -0.39 is 4.92 Å². The Morgan fingerprint density at radius 1 is 1.03 bits per heavy atom. The van der Waals surface area contributed by atoms with E-state index in [-0.39, 0.29) is 29.6 Å². The first-order valence-electron chi connectivity index (χ1n) is 10.8. The molecule has 0 aromatic heterocycles. The lowest BCUT2D eigenvalue weighted by molar-refractivity contribution is -0.384. The third kappa shape index (κ3) is 4.33. The summed E-state index contributed by atoms with van der Waals surface area (Å²) in [6, 6.07) is 5.92. The summed E-state index contributed by atoms with van der Waals surface area (Å²) in [5.41, 5.74) is 0.962. The van der Waals surface area contributed by atoms with Crippen LogP contribution in [0.25, 0.3) is 0 Å². The first-order chi connectivity index (χ1) is 15.0. The van der Waals surface area contributed by atoms with Crippen molar-refractivity contribution < 1.29 is 19.3 Å². The zero-order chi connectivity index (χ0) is 22.0. The van der Waals surface area contributed by atoms with Gasteiger partial charge in [0.15, 0.2) is 0 Å². The van der Waals surface area contributed by atoms with Crippen LogP contribution in [0, 0.1) is 10.1 Å². The van der Waals surface area contributed by atoms with Gasteiger partial charge in [-0.3, -0.25) is 24.6 Å². The van der Waals surface area contributed by atoms with Gasteiger partial charge >= 0.3 is 6.03 Å². The van der Waals surface area contributed by atoms with Crippen molar-refractivity contribution in [3.63, 3.8) is 0 Å². The number of piperazine rings is 1. The Morgan fingerprint density at radius 3 is 2.39 bits per heavy atom. The smallest absolute Gasteiger partial charge is 0.327 e. The topological polar surface area (TPSA) is 107 Å². The van der Waals surface area contributed by atoms with Crippen LogP contribution in [0.15, 0.2) is 24.3 Å². The van der Waals surface area contributed by atoms with Crippen LogP contribution in [0.2, 0.25) is 0 Å². The van der Waals surface area contributed by atoms with Crippen molar-refractivity contribution in [2.45, 2.75) is 38.1 Å². The fourth-order valence-corrected chi connectivity index (χ4v) is 4.60. The molecule has 0 N–H and O–H groups in total. The van der Waals surface area contributed by atoms with E-state index in [1.54, 1.807) is 21.9 Å². The van der Waals surface area contributed by atoms with E-state index in [1.165, 1.54) is 17.0 Å². The van der Waals surface area contributed by atoms with Gasteiger partial charge in [-0.05, 0) is 37.8 Å². The number of anilines is 1. The number of urea groups is 1. The van der Waals surface area contributed by atoms with Crippen molar-refractivity contribution in [2.24, 2.45) is 0 Å². The van der Waals surface area contributed by atoms with Crippen LogP contribution in [0.3, 0.4) is 0 Å². The Hall–Kier alpha value is -3.17. The van der Waals surface area contributed by atoms with Crippen LogP contribution in [-0.4, -0.2) is 82.8 Å². The molecule has 1 aromatic carbocycles. The number of benzene rings is 1. The molecule has 1 atom stereocenters. The van der Waals surface area contributed by atoms with Gasteiger partial charge in [0, 0.05) is 63.5 Å². The van der Waals surface area contributed by atoms with E-state index in [1.807, 2.05) is 0 Å². The molecule has 3 heterocycles. The largest absolute Gasteiger partial charge is 0.368 e. The van der Waals surface area contributed by atoms with Crippen LogP contribution < -0.4 is 4.90 Å². The lowest BCUT2D eigenvalue weighted by Crippen LogP contribution is -2.48. The summed E-state index contributed by atoms with van der Waals surface area (Å²) in [5, 5.41) is 10.8. The van der Waals surface area contributed by atoms with Crippen LogP contribution in [0.1, 0.15) is 32.1 Å². The van der Waals surface area contributed by atoms with Crippen LogP contribution in [0.5, 0.6) is 0 Å². The van der Waals surface area contributed by atoms with Gasteiger partial charge in [-0.1, -0.05) is 0 Å². The Morgan fingerprint density at radius 2 is 1.74 bits per heavy atom. The number of carbonyl (C=O) groups excluding carboxylic acids is 3. The SMILES string of the molecule is O=C(CCCN1C(=O)[C@@H]2CCCCN2C1=O)N1CCN(c2ccc([N+](=O)[O-])cc2)CC1. The second kappa shape index (κ2) is 8.91. The number of carbonyl (C=O) groups is 3.